The highest BCUT2D eigenvalue weighted by Gasteiger charge is 1.92. The minimum atomic E-state index is 0.493. The zero-order valence-corrected chi connectivity index (χ0v) is 11.7. The Bertz CT molecular complexity index is 498. The second-order valence-electron chi connectivity index (χ2n) is 4.12. The summed E-state index contributed by atoms with van der Waals surface area (Å²) in [7, 11) is 0. The van der Waals surface area contributed by atoms with Crippen molar-refractivity contribution in [3.05, 3.63) is 65.7 Å². The molecule has 0 saturated heterocycles. The van der Waals surface area contributed by atoms with Gasteiger partial charge in [0, 0.05) is 10.7 Å². The van der Waals surface area contributed by atoms with Crippen LogP contribution in [0.4, 0.5) is 5.69 Å². The highest BCUT2D eigenvalue weighted by molar-refractivity contribution is 6.30. The molecule has 3 nitrogen and oxygen atoms in total. The standard InChI is InChI=1S/C16H16ClNO2/c17-13-3-7-15(8-4-13)19-11-1-2-12-20-16-9-5-14(18)6-10-16/h1-10H,11-12,18H2/b2-1+. The third-order valence-corrected chi connectivity index (χ3v) is 2.80. The van der Waals surface area contributed by atoms with Crippen LogP contribution in [0.3, 0.4) is 0 Å². The molecule has 0 heterocycles. The lowest BCUT2D eigenvalue weighted by Gasteiger charge is -2.04. The molecule has 0 atom stereocenters. The van der Waals surface area contributed by atoms with Gasteiger partial charge in [0.1, 0.15) is 24.7 Å². The van der Waals surface area contributed by atoms with Gasteiger partial charge in [-0.05, 0) is 60.7 Å². The van der Waals surface area contributed by atoms with Crippen molar-refractivity contribution in [2.75, 3.05) is 18.9 Å². The van der Waals surface area contributed by atoms with Crippen LogP contribution in [-0.2, 0) is 0 Å². The molecular formula is C16H16ClNO2. The monoisotopic (exact) mass is 289 g/mol. The quantitative estimate of drug-likeness (QED) is 0.647. The number of nitrogens with two attached hydrogens (primary N) is 1. The second-order valence-corrected chi connectivity index (χ2v) is 4.55. The second kappa shape index (κ2) is 7.46. The smallest absolute Gasteiger partial charge is 0.119 e. The van der Waals surface area contributed by atoms with Crippen LogP contribution >= 0.6 is 11.6 Å². The average Bonchev–Trinajstić information content (AvgIpc) is 2.46. The number of benzene rings is 2. The zero-order valence-electron chi connectivity index (χ0n) is 11.0. The fraction of sp³-hybridized carbons (Fsp3) is 0.125. The predicted molar refractivity (Wildman–Crippen MR) is 82.4 cm³/mol. The molecular weight excluding hydrogens is 274 g/mol. The van der Waals surface area contributed by atoms with Crippen molar-refractivity contribution >= 4 is 17.3 Å². The predicted octanol–water partition coefficient (Wildman–Crippen LogP) is 3.94. The van der Waals surface area contributed by atoms with Gasteiger partial charge in [0.2, 0.25) is 0 Å². The van der Waals surface area contributed by atoms with E-state index in [9.17, 15) is 0 Å². The molecule has 0 aromatic heterocycles. The summed E-state index contributed by atoms with van der Waals surface area (Å²) in [5, 5.41) is 0.699. The van der Waals surface area contributed by atoms with Crippen molar-refractivity contribution in [2.24, 2.45) is 0 Å². The lowest BCUT2D eigenvalue weighted by Crippen LogP contribution is -1.96. The first kappa shape index (κ1) is 14.3. The van der Waals surface area contributed by atoms with Crippen LogP contribution in [0.15, 0.2) is 60.7 Å². The maximum absolute atomic E-state index is 5.79. The maximum atomic E-state index is 5.79. The molecule has 0 saturated carbocycles. The summed E-state index contributed by atoms with van der Waals surface area (Å²) in [6, 6.07) is 14.6. The van der Waals surface area contributed by atoms with Crippen LogP contribution < -0.4 is 15.2 Å². The summed E-state index contributed by atoms with van der Waals surface area (Å²) in [4.78, 5) is 0. The van der Waals surface area contributed by atoms with Gasteiger partial charge in [0.05, 0.1) is 0 Å². The summed E-state index contributed by atoms with van der Waals surface area (Å²) in [6.07, 6.45) is 3.82. The topological polar surface area (TPSA) is 44.5 Å². The maximum Gasteiger partial charge on any atom is 0.119 e. The molecule has 0 amide bonds. The molecule has 20 heavy (non-hydrogen) atoms. The Hall–Kier alpha value is -2.13. The van der Waals surface area contributed by atoms with Gasteiger partial charge in [-0.2, -0.15) is 0 Å². The first-order valence-electron chi connectivity index (χ1n) is 6.26. The van der Waals surface area contributed by atoms with Gasteiger partial charge < -0.3 is 15.2 Å². The molecule has 0 fully saturated rings. The number of ether oxygens (including phenoxy) is 2. The molecule has 0 aliphatic heterocycles. The van der Waals surface area contributed by atoms with Crippen LogP contribution in [0.2, 0.25) is 5.02 Å². The van der Waals surface area contributed by atoms with E-state index in [1.165, 1.54) is 0 Å². The van der Waals surface area contributed by atoms with E-state index in [4.69, 9.17) is 26.8 Å². The normalized spacial score (nSPS) is 10.7. The molecule has 104 valence electrons. The molecule has 0 spiro atoms. The van der Waals surface area contributed by atoms with Gasteiger partial charge >= 0.3 is 0 Å². The number of halogens is 1. The Morgan fingerprint density at radius 3 is 1.75 bits per heavy atom. The van der Waals surface area contributed by atoms with Crippen LogP contribution in [-0.4, -0.2) is 13.2 Å². The molecule has 2 aromatic rings. The number of hydrogen-bond acceptors (Lipinski definition) is 3. The van der Waals surface area contributed by atoms with Crippen molar-refractivity contribution < 1.29 is 9.47 Å². The van der Waals surface area contributed by atoms with E-state index in [1.54, 1.807) is 12.1 Å². The van der Waals surface area contributed by atoms with Crippen LogP contribution in [0.25, 0.3) is 0 Å². The molecule has 2 N–H and O–H groups in total. The van der Waals surface area contributed by atoms with Crippen LogP contribution in [0, 0.1) is 0 Å². The van der Waals surface area contributed by atoms with Crippen molar-refractivity contribution in [3.63, 3.8) is 0 Å². The van der Waals surface area contributed by atoms with Gasteiger partial charge in [-0.15, -0.1) is 0 Å². The lowest BCUT2D eigenvalue weighted by molar-refractivity contribution is 0.350. The molecule has 0 radical (unpaired) electrons. The summed E-state index contributed by atoms with van der Waals surface area (Å²) < 4.78 is 11.0. The number of anilines is 1. The Kier molecular flexibility index (Phi) is 5.33. The minimum absolute atomic E-state index is 0.493. The van der Waals surface area contributed by atoms with Crippen molar-refractivity contribution in [2.45, 2.75) is 0 Å². The van der Waals surface area contributed by atoms with E-state index < -0.39 is 0 Å². The Morgan fingerprint density at radius 2 is 1.25 bits per heavy atom. The fourth-order valence-corrected chi connectivity index (χ4v) is 1.65. The third kappa shape index (κ3) is 4.86. The van der Waals surface area contributed by atoms with E-state index in [0.717, 1.165) is 17.2 Å². The Balaban J connectivity index is 1.67. The zero-order chi connectivity index (χ0) is 14.2. The SMILES string of the molecule is Nc1ccc(OC/C=C/COc2ccc(Cl)cc2)cc1. The first-order valence-corrected chi connectivity index (χ1v) is 6.63. The molecule has 0 unspecified atom stereocenters. The van der Waals surface area contributed by atoms with E-state index in [2.05, 4.69) is 0 Å². The van der Waals surface area contributed by atoms with E-state index in [0.29, 0.717) is 18.2 Å². The number of rotatable bonds is 6. The average molecular weight is 290 g/mol. The van der Waals surface area contributed by atoms with Crippen LogP contribution in [0.1, 0.15) is 0 Å². The molecule has 0 aliphatic rings. The van der Waals surface area contributed by atoms with E-state index in [1.807, 2.05) is 48.6 Å². The van der Waals surface area contributed by atoms with Crippen molar-refractivity contribution in [3.8, 4) is 11.5 Å². The fourth-order valence-electron chi connectivity index (χ4n) is 1.52. The van der Waals surface area contributed by atoms with E-state index >= 15 is 0 Å². The number of nitrogen functional groups attached to an aromatic ring is 1. The summed E-state index contributed by atoms with van der Waals surface area (Å²) in [5.41, 5.74) is 6.32. The lowest BCUT2D eigenvalue weighted by atomic mass is 10.3. The molecule has 2 rings (SSSR count). The Labute approximate surface area is 123 Å². The minimum Gasteiger partial charge on any atom is -0.490 e. The number of hydrogen-bond donors (Lipinski definition) is 1. The summed E-state index contributed by atoms with van der Waals surface area (Å²) in [6.45, 7) is 0.987. The Morgan fingerprint density at radius 1 is 0.800 bits per heavy atom. The molecule has 0 bridgehead atoms. The van der Waals surface area contributed by atoms with Gasteiger partial charge in [-0.1, -0.05) is 11.6 Å². The van der Waals surface area contributed by atoms with E-state index in [-0.39, 0.29) is 0 Å². The summed E-state index contributed by atoms with van der Waals surface area (Å²) in [5.74, 6) is 1.58. The molecule has 4 heteroatoms. The van der Waals surface area contributed by atoms with Gasteiger partial charge in [0.25, 0.3) is 0 Å². The summed E-state index contributed by atoms with van der Waals surface area (Å²) >= 11 is 5.79. The van der Waals surface area contributed by atoms with Gasteiger partial charge in [0.15, 0.2) is 0 Å². The molecule has 0 aliphatic carbocycles. The third-order valence-electron chi connectivity index (χ3n) is 2.55. The van der Waals surface area contributed by atoms with Crippen molar-refractivity contribution in [1.82, 2.24) is 0 Å². The van der Waals surface area contributed by atoms with Gasteiger partial charge in [-0.25, -0.2) is 0 Å². The highest BCUT2D eigenvalue weighted by Crippen LogP contribution is 2.15. The first-order chi connectivity index (χ1) is 9.74. The largest absolute Gasteiger partial charge is 0.490 e. The van der Waals surface area contributed by atoms with Gasteiger partial charge in [-0.3, -0.25) is 0 Å². The van der Waals surface area contributed by atoms with Crippen molar-refractivity contribution in [1.29, 1.82) is 0 Å². The highest BCUT2D eigenvalue weighted by atomic mass is 35.5. The molecule has 2 aromatic carbocycles. The van der Waals surface area contributed by atoms with Crippen LogP contribution in [0.5, 0.6) is 11.5 Å².